The normalized spacial score (nSPS) is 23.3. The van der Waals surface area contributed by atoms with Gasteiger partial charge in [-0.15, -0.1) is 0 Å². The van der Waals surface area contributed by atoms with Crippen LogP contribution in [0.4, 0.5) is 26.3 Å². The minimum atomic E-state index is -2.21. The third-order valence-corrected chi connectivity index (χ3v) is 7.64. The zero-order valence-electron chi connectivity index (χ0n) is 21.1. The lowest BCUT2D eigenvalue weighted by molar-refractivity contribution is 0.0676. The van der Waals surface area contributed by atoms with Gasteiger partial charge in [0.15, 0.2) is 40.6 Å². The number of halogens is 6. The standard InChI is InChI=1S/C27H29F6NO3/c1-13-5-6-16(34(13)12-18-21(28)23(30)25(32)24(31)22(18)29)11-27(2,33)10-15-7-14-8-19(36-3)20(37-4)9-17(14)26(15)35/h8-9,13,15-16H,5-7,10-12H2,1-4H3. The fourth-order valence-electron chi connectivity index (χ4n) is 5.75. The van der Waals surface area contributed by atoms with Gasteiger partial charge in [0.25, 0.3) is 0 Å². The summed E-state index contributed by atoms with van der Waals surface area (Å²) in [5.41, 5.74) is -1.55. The molecule has 10 heteroatoms. The average Bonchev–Trinajstić information content (AvgIpc) is 3.35. The Morgan fingerprint density at radius 2 is 1.49 bits per heavy atom. The summed E-state index contributed by atoms with van der Waals surface area (Å²) in [4.78, 5) is 14.6. The molecule has 2 aliphatic rings. The van der Waals surface area contributed by atoms with Crippen LogP contribution in [-0.4, -0.2) is 42.7 Å². The van der Waals surface area contributed by atoms with E-state index in [0.717, 1.165) is 5.56 Å². The second kappa shape index (κ2) is 10.2. The number of carbonyl (C=O) groups excluding carboxylic acids is 1. The van der Waals surface area contributed by atoms with Gasteiger partial charge in [-0.3, -0.25) is 9.69 Å². The molecule has 0 amide bonds. The van der Waals surface area contributed by atoms with E-state index in [1.54, 1.807) is 24.0 Å². The highest BCUT2D eigenvalue weighted by atomic mass is 19.2. The first-order valence-corrected chi connectivity index (χ1v) is 12.1. The predicted octanol–water partition coefficient (Wildman–Crippen LogP) is 6.32. The number of benzene rings is 2. The summed E-state index contributed by atoms with van der Waals surface area (Å²) in [6.45, 7) is 2.60. The van der Waals surface area contributed by atoms with Gasteiger partial charge in [0.1, 0.15) is 5.67 Å². The molecule has 37 heavy (non-hydrogen) atoms. The monoisotopic (exact) mass is 529 g/mol. The maximum Gasteiger partial charge on any atom is 0.200 e. The van der Waals surface area contributed by atoms with E-state index in [-0.39, 0.29) is 24.7 Å². The first kappa shape index (κ1) is 27.3. The topological polar surface area (TPSA) is 38.8 Å². The van der Waals surface area contributed by atoms with E-state index in [0.29, 0.717) is 36.3 Å². The zero-order chi connectivity index (χ0) is 27.2. The van der Waals surface area contributed by atoms with Crippen LogP contribution < -0.4 is 9.47 Å². The fourth-order valence-corrected chi connectivity index (χ4v) is 5.75. The summed E-state index contributed by atoms with van der Waals surface area (Å²) in [5.74, 6) is -9.89. The highest BCUT2D eigenvalue weighted by molar-refractivity contribution is 6.03. The van der Waals surface area contributed by atoms with E-state index < -0.39 is 58.8 Å². The smallest absolute Gasteiger partial charge is 0.200 e. The number of fused-ring (bicyclic) bond motifs is 1. The molecule has 1 aliphatic heterocycles. The molecule has 1 heterocycles. The Hall–Kier alpha value is -2.75. The van der Waals surface area contributed by atoms with Crippen molar-refractivity contribution in [3.05, 3.63) is 57.9 Å². The number of rotatable bonds is 8. The van der Waals surface area contributed by atoms with E-state index in [2.05, 4.69) is 0 Å². The number of ketones is 1. The molecule has 1 fully saturated rings. The van der Waals surface area contributed by atoms with E-state index in [1.807, 2.05) is 0 Å². The third kappa shape index (κ3) is 5.04. The number of likely N-dealkylation sites (tertiary alicyclic amines) is 1. The van der Waals surface area contributed by atoms with Gasteiger partial charge in [-0.25, -0.2) is 26.3 Å². The van der Waals surface area contributed by atoms with Gasteiger partial charge >= 0.3 is 0 Å². The second-order valence-electron chi connectivity index (χ2n) is 10.3. The molecule has 0 saturated carbocycles. The van der Waals surface area contributed by atoms with Crippen LogP contribution in [0.1, 0.15) is 61.0 Å². The summed E-state index contributed by atoms with van der Waals surface area (Å²) < 4.78 is 96.0. The van der Waals surface area contributed by atoms with Crippen molar-refractivity contribution in [2.75, 3.05) is 14.2 Å². The molecule has 4 nitrogen and oxygen atoms in total. The Balaban J connectivity index is 1.50. The van der Waals surface area contributed by atoms with E-state index >= 15 is 4.39 Å². The lowest BCUT2D eigenvalue weighted by Crippen LogP contribution is -2.40. The highest BCUT2D eigenvalue weighted by Crippen LogP contribution is 2.42. The molecule has 2 aromatic rings. The predicted molar refractivity (Wildman–Crippen MR) is 124 cm³/mol. The minimum absolute atomic E-state index is 0.0560. The Kier molecular flexibility index (Phi) is 7.52. The zero-order valence-corrected chi connectivity index (χ0v) is 21.1. The number of nitrogens with zero attached hydrogens (tertiary/aromatic N) is 1. The van der Waals surface area contributed by atoms with Crippen molar-refractivity contribution >= 4 is 5.78 Å². The van der Waals surface area contributed by atoms with Crippen molar-refractivity contribution in [3.63, 3.8) is 0 Å². The van der Waals surface area contributed by atoms with Crippen LogP contribution >= 0.6 is 0 Å². The minimum Gasteiger partial charge on any atom is -0.493 e. The number of carbonyl (C=O) groups is 1. The molecule has 0 radical (unpaired) electrons. The Labute approximate surface area is 211 Å². The summed E-state index contributed by atoms with van der Waals surface area (Å²) >= 11 is 0. The molecule has 1 aliphatic carbocycles. The Morgan fingerprint density at radius 3 is 2.08 bits per heavy atom. The van der Waals surface area contributed by atoms with E-state index in [9.17, 15) is 26.7 Å². The molecule has 0 spiro atoms. The van der Waals surface area contributed by atoms with Crippen molar-refractivity contribution in [1.82, 2.24) is 4.90 Å². The van der Waals surface area contributed by atoms with Gasteiger partial charge in [-0.2, -0.15) is 0 Å². The quantitative estimate of drug-likeness (QED) is 0.228. The van der Waals surface area contributed by atoms with Crippen LogP contribution in [0.15, 0.2) is 12.1 Å². The number of alkyl halides is 1. The van der Waals surface area contributed by atoms with E-state index in [4.69, 9.17) is 9.47 Å². The average molecular weight is 530 g/mol. The number of ether oxygens (including phenoxy) is 2. The number of hydrogen-bond donors (Lipinski definition) is 0. The molecule has 0 bridgehead atoms. The highest BCUT2D eigenvalue weighted by Gasteiger charge is 2.42. The summed E-state index contributed by atoms with van der Waals surface area (Å²) in [6.07, 6.45) is 1.27. The van der Waals surface area contributed by atoms with Crippen LogP contribution in [0.3, 0.4) is 0 Å². The second-order valence-corrected chi connectivity index (χ2v) is 10.3. The Morgan fingerprint density at radius 1 is 0.919 bits per heavy atom. The molecule has 4 atom stereocenters. The largest absolute Gasteiger partial charge is 0.493 e. The lowest BCUT2D eigenvalue weighted by Gasteiger charge is -2.33. The number of hydrogen-bond acceptors (Lipinski definition) is 4. The van der Waals surface area contributed by atoms with Crippen LogP contribution in [0.25, 0.3) is 0 Å². The number of Topliss-reactive ketones (excluding diaryl/α,β-unsaturated/α-hetero) is 1. The summed E-state index contributed by atoms with van der Waals surface area (Å²) in [6, 6.07) is 2.55. The van der Waals surface area contributed by atoms with Gasteiger partial charge in [0.05, 0.1) is 14.2 Å². The van der Waals surface area contributed by atoms with Crippen molar-refractivity contribution in [2.45, 2.75) is 70.2 Å². The molecule has 202 valence electrons. The van der Waals surface area contributed by atoms with Crippen LogP contribution in [0.2, 0.25) is 0 Å². The van der Waals surface area contributed by atoms with Gasteiger partial charge in [-0.05, 0) is 63.6 Å². The maximum atomic E-state index is 15.9. The van der Waals surface area contributed by atoms with Gasteiger partial charge < -0.3 is 9.47 Å². The van der Waals surface area contributed by atoms with Crippen LogP contribution in [0, 0.1) is 35.0 Å². The Bertz CT molecular complexity index is 1190. The van der Waals surface area contributed by atoms with Crippen LogP contribution in [0.5, 0.6) is 11.5 Å². The van der Waals surface area contributed by atoms with Gasteiger partial charge in [-0.1, -0.05) is 0 Å². The summed E-state index contributed by atoms with van der Waals surface area (Å²) in [7, 11) is 2.94. The molecule has 1 saturated heterocycles. The van der Waals surface area contributed by atoms with Crippen LogP contribution in [-0.2, 0) is 13.0 Å². The molecule has 4 unspecified atom stereocenters. The van der Waals surface area contributed by atoms with Gasteiger partial charge in [0.2, 0.25) is 5.82 Å². The fraction of sp³-hybridized carbons (Fsp3) is 0.519. The van der Waals surface area contributed by atoms with Gasteiger partial charge in [0, 0.05) is 35.7 Å². The molecular weight excluding hydrogens is 500 g/mol. The maximum absolute atomic E-state index is 15.9. The SMILES string of the molecule is COc1cc2c(cc1OC)C(=O)C(CC(C)(F)CC1CCC(C)N1Cc1c(F)c(F)c(F)c(F)c1F)C2. The molecular formula is C27H29F6NO3. The lowest BCUT2D eigenvalue weighted by atomic mass is 9.85. The van der Waals surface area contributed by atoms with Crippen molar-refractivity contribution in [2.24, 2.45) is 5.92 Å². The molecule has 0 N–H and O–H groups in total. The first-order valence-electron chi connectivity index (χ1n) is 12.1. The number of methoxy groups -OCH3 is 2. The molecule has 2 aromatic carbocycles. The summed E-state index contributed by atoms with van der Waals surface area (Å²) in [5, 5.41) is 0. The molecule has 4 rings (SSSR count). The first-order chi connectivity index (χ1) is 17.4. The van der Waals surface area contributed by atoms with Crippen molar-refractivity contribution in [1.29, 1.82) is 0 Å². The van der Waals surface area contributed by atoms with Crippen molar-refractivity contribution < 1.29 is 40.6 Å². The van der Waals surface area contributed by atoms with E-state index in [1.165, 1.54) is 21.1 Å². The molecule has 0 aromatic heterocycles. The third-order valence-electron chi connectivity index (χ3n) is 7.64. The van der Waals surface area contributed by atoms with Crippen molar-refractivity contribution in [3.8, 4) is 11.5 Å².